The van der Waals surface area contributed by atoms with E-state index in [1.54, 1.807) is 23.5 Å². The minimum atomic E-state index is -0.161. The van der Waals surface area contributed by atoms with E-state index in [1.165, 1.54) is 11.0 Å². The van der Waals surface area contributed by atoms with Gasteiger partial charge in [0, 0.05) is 4.88 Å². The lowest BCUT2D eigenvalue weighted by Gasteiger charge is -2.08. The average molecular weight is 364 g/mol. The second kappa shape index (κ2) is 6.15. The molecule has 6 nitrogen and oxygen atoms in total. The van der Waals surface area contributed by atoms with Gasteiger partial charge in [-0.2, -0.15) is 4.68 Å². The monoisotopic (exact) mass is 363 g/mol. The standard InChI is InChI=1S/C13H10BrN5OS/c14-12-6-5-9(21-12)7-15-13(20)10-3-1-2-4-11(10)19-8-16-17-18-19/h1-6,8H,7H2,(H,15,20). The Labute approximate surface area is 132 Å². The number of benzene rings is 1. The summed E-state index contributed by atoms with van der Waals surface area (Å²) >= 11 is 4.99. The van der Waals surface area contributed by atoms with Gasteiger partial charge in [-0.3, -0.25) is 4.79 Å². The number of amides is 1. The Morgan fingerprint density at radius 3 is 2.86 bits per heavy atom. The van der Waals surface area contributed by atoms with E-state index in [1.807, 2.05) is 24.3 Å². The maximum Gasteiger partial charge on any atom is 0.253 e. The van der Waals surface area contributed by atoms with Crippen LogP contribution < -0.4 is 5.32 Å². The summed E-state index contributed by atoms with van der Waals surface area (Å²) in [4.78, 5) is 13.4. The maximum absolute atomic E-state index is 12.3. The fourth-order valence-corrected chi connectivity index (χ4v) is 3.27. The Kier molecular flexibility index (Phi) is 4.07. The summed E-state index contributed by atoms with van der Waals surface area (Å²) in [6.45, 7) is 0.485. The van der Waals surface area contributed by atoms with Crippen molar-refractivity contribution in [1.82, 2.24) is 25.5 Å². The van der Waals surface area contributed by atoms with Crippen molar-refractivity contribution in [2.75, 3.05) is 0 Å². The number of nitrogens with one attached hydrogen (secondary N) is 1. The number of carbonyl (C=O) groups excluding carboxylic acids is 1. The van der Waals surface area contributed by atoms with Crippen molar-refractivity contribution in [2.45, 2.75) is 6.54 Å². The molecule has 2 heterocycles. The molecule has 1 aromatic carbocycles. The fourth-order valence-electron chi connectivity index (χ4n) is 1.85. The van der Waals surface area contributed by atoms with Crippen molar-refractivity contribution in [2.24, 2.45) is 0 Å². The lowest BCUT2D eigenvalue weighted by atomic mass is 10.1. The van der Waals surface area contributed by atoms with Crippen LogP contribution in [0.3, 0.4) is 0 Å². The molecule has 0 aliphatic carbocycles. The molecule has 21 heavy (non-hydrogen) atoms. The number of para-hydroxylation sites is 1. The molecule has 0 saturated heterocycles. The van der Waals surface area contributed by atoms with E-state index in [-0.39, 0.29) is 5.91 Å². The van der Waals surface area contributed by atoms with Crippen LogP contribution >= 0.6 is 27.3 Å². The molecule has 3 rings (SSSR count). The number of hydrogen-bond donors (Lipinski definition) is 1. The van der Waals surface area contributed by atoms with Crippen LogP contribution in [0.1, 0.15) is 15.2 Å². The van der Waals surface area contributed by atoms with Gasteiger partial charge in [-0.1, -0.05) is 12.1 Å². The maximum atomic E-state index is 12.3. The normalized spacial score (nSPS) is 10.5. The number of thiophene rings is 1. The van der Waals surface area contributed by atoms with E-state index < -0.39 is 0 Å². The van der Waals surface area contributed by atoms with Crippen LogP contribution in [-0.2, 0) is 6.54 Å². The lowest BCUT2D eigenvalue weighted by Crippen LogP contribution is -2.23. The number of rotatable bonds is 4. The molecule has 8 heteroatoms. The number of hydrogen-bond acceptors (Lipinski definition) is 5. The molecule has 0 spiro atoms. The Bertz CT molecular complexity index is 756. The summed E-state index contributed by atoms with van der Waals surface area (Å²) in [5, 5.41) is 13.9. The van der Waals surface area contributed by atoms with Crippen LogP contribution in [-0.4, -0.2) is 26.1 Å². The number of aromatic nitrogens is 4. The highest BCUT2D eigenvalue weighted by Gasteiger charge is 2.13. The van der Waals surface area contributed by atoms with Crippen LogP contribution in [0.25, 0.3) is 5.69 Å². The van der Waals surface area contributed by atoms with E-state index in [4.69, 9.17) is 0 Å². The van der Waals surface area contributed by atoms with Crippen molar-refractivity contribution in [3.63, 3.8) is 0 Å². The highest BCUT2D eigenvalue weighted by molar-refractivity contribution is 9.11. The largest absolute Gasteiger partial charge is 0.347 e. The molecule has 3 aromatic rings. The molecule has 0 atom stereocenters. The third kappa shape index (κ3) is 3.17. The molecule has 106 valence electrons. The van der Waals surface area contributed by atoms with Gasteiger partial charge in [0.1, 0.15) is 6.33 Å². The van der Waals surface area contributed by atoms with Crippen molar-refractivity contribution >= 4 is 33.2 Å². The number of halogens is 1. The van der Waals surface area contributed by atoms with Crippen molar-refractivity contribution < 1.29 is 4.79 Å². The first-order chi connectivity index (χ1) is 10.2. The second-order valence-corrected chi connectivity index (χ2v) is 6.71. The van der Waals surface area contributed by atoms with Crippen LogP contribution in [0, 0.1) is 0 Å². The molecule has 0 radical (unpaired) electrons. The van der Waals surface area contributed by atoms with Crippen LogP contribution in [0.4, 0.5) is 0 Å². The molecule has 0 fully saturated rings. The molecule has 0 aliphatic rings. The van der Waals surface area contributed by atoms with Gasteiger partial charge in [-0.15, -0.1) is 16.4 Å². The molecular weight excluding hydrogens is 354 g/mol. The first kappa shape index (κ1) is 13.9. The van der Waals surface area contributed by atoms with Crippen molar-refractivity contribution in [3.8, 4) is 5.69 Å². The molecule has 0 saturated carbocycles. The van der Waals surface area contributed by atoms with E-state index in [2.05, 4.69) is 36.8 Å². The Hall–Kier alpha value is -2.06. The first-order valence-corrected chi connectivity index (χ1v) is 7.70. The summed E-state index contributed by atoms with van der Waals surface area (Å²) in [7, 11) is 0. The Morgan fingerprint density at radius 1 is 1.29 bits per heavy atom. The van der Waals surface area contributed by atoms with Crippen molar-refractivity contribution in [3.05, 3.63) is 57.0 Å². The lowest BCUT2D eigenvalue weighted by molar-refractivity contribution is 0.0951. The zero-order valence-corrected chi connectivity index (χ0v) is 13.1. The Morgan fingerprint density at radius 2 is 2.14 bits per heavy atom. The molecule has 0 aliphatic heterocycles. The second-order valence-electron chi connectivity index (χ2n) is 4.16. The van der Waals surface area contributed by atoms with Gasteiger partial charge < -0.3 is 5.32 Å². The highest BCUT2D eigenvalue weighted by atomic mass is 79.9. The third-order valence-corrected chi connectivity index (χ3v) is 4.42. The minimum absolute atomic E-state index is 0.161. The average Bonchev–Trinajstić information content (AvgIpc) is 3.16. The number of carbonyl (C=O) groups is 1. The van der Waals surface area contributed by atoms with Gasteiger partial charge in [-0.05, 0) is 50.6 Å². The molecule has 0 bridgehead atoms. The summed E-state index contributed by atoms with van der Waals surface area (Å²) in [5.41, 5.74) is 1.17. The third-order valence-electron chi connectivity index (χ3n) is 2.80. The van der Waals surface area contributed by atoms with Crippen LogP contribution in [0.15, 0.2) is 46.5 Å². The predicted molar refractivity (Wildman–Crippen MR) is 82.3 cm³/mol. The fraction of sp³-hybridized carbons (Fsp3) is 0.0769. The molecule has 0 unspecified atom stereocenters. The van der Waals surface area contributed by atoms with Crippen LogP contribution in [0.2, 0.25) is 0 Å². The summed E-state index contributed by atoms with van der Waals surface area (Å²) < 4.78 is 2.51. The van der Waals surface area contributed by atoms with E-state index in [0.717, 1.165) is 8.66 Å². The topological polar surface area (TPSA) is 72.7 Å². The van der Waals surface area contributed by atoms with Gasteiger partial charge in [0.2, 0.25) is 0 Å². The molecule has 1 N–H and O–H groups in total. The molecule has 1 amide bonds. The summed E-state index contributed by atoms with van der Waals surface area (Å²) in [5.74, 6) is -0.161. The molecule has 2 aromatic heterocycles. The summed E-state index contributed by atoms with van der Waals surface area (Å²) in [6.07, 6.45) is 1.46. The highest BCUT2D eigenvalue weighted by Crippen LogP contribution is 2.22. The van der Waals surface area contributed by atoms with Gasteiger partial charge in [0.05, 0.1) is 21.6 Å². The van der Waals surface area contributed by atoms with E-state index in [9.17, 15) is 4.79 Å². The minimum Gasteiger partial charge on any atom is -0.347 e. The number of tetrazole rings is 1. The smallest absolute Gasteiger partial charge is 0.253 e. The zero-order valence-electron chi connectivity index (χ0n) is 10.7. The first-order valence-electron chi connectivity index (χ1n) is 6.09. The van der Waals surface area contributed by atoms with Gasteiger partial charge >= 0.3 is 0 Å². The van der Waals surface area contributed by atoms with Gasteiger partial charge in [0.25, 0.3) is 5.91 Å². The van der Waals surface area contributed by atoms with Gasteiger partial charge in [-0.25, -0.2) is 0 Å². The van der Waals surface area contributed by atoms with Crippen LogP contribution in [0.5, 0.6) is 0 Å². The quantitative estimate of drug-likeness (QED) is 0.772. The van der Waals surface area contributed by atoms with Gasteiger partial charge in [0.15, 0.2) is 0 Å². The van der Waals surface area contributed by atoms with Crippen molar-refractivity contribution in [1.29, 1.82) is 0 Å². The predicted octanol–water partition coefficient (Wildman–Crippen LogP) is 2.42. The van der Waals surface area contributed by atoms with E-state index >= 15 is 0 Å². The zero-order chi connectivity index (χ0) is 14.7. The number of nitrogens with zero attached hydrogens (tertiary/aromatic N) is 4. The Balaban J connectivity index is 1.79. The van der Waals surface area contributed by atoms with E-state index in [0.29, 0.717) is 17.8 Å². The molecular formula is C13H10BrN5OS. The SMILES string of the molecule is O=C(NCc1ccc(Br)s1)c1ccccc1-n1cnnn1. The summed E-state index contributed by atoms with van der Waals surface area (Å²) in [6, 6.07) is 11.1.